The van der Waals surface area contributed by atoms with Crippen LogP contribution in [0.5, 0.6) is 0 Å². The minimum absolute atomic E-state index is 0.0353. The Morgan fingerprint density at radius 3 is 2.89 bits per heavy atom. The van der Waals surface area contributed by atoms with Crippen molar-refractivity contribution < 1.29 is 9.59 Å². The second-order valence-corrected chi connectivity index (χ2v) is 5.14. The first-order valence-electron chi connectivity index (χ1n) is 6.39. The fourth-order valence-electron chi connectivity index (χ4n) is 2.15. The van der Waals surface area contributed by atoms with Crippen molar-refractivity contribution >= 4 is 11.8 Å². The van der Waals surface area contributed by atoms with Crippen LogP contribution in [0, 0.1) is 5.92 Å². The van der Waals surface area contributed by atoms with Gasteiger partial charge in [-0.1, -0.05) is 13.8 Å². The van der Waals surface area contributed by atoms with Gasteiger partial charge in [-0.15, -0.1) is 0 Å². The van der Waals surface area contributed by atoms with Crippen LogP contribution in [0.25, 0.3) is 0 Å². The first-order chi connectivity index (χ1) is 9.06. The fourth-order valence-corrected chi connectivity index (χ4v) is 2.15. The molecule has 1 aliphatic rings. The summed E-state index contributed by atoms with van der Waals surface area (Å²) in [7, 11) is 0. The van der Waals surface area contributed by atoms with E-state index >= 15 is 0 Å². The lowest BCUT2D eigenvalue weighted by Gasteiger charge is -2.33. The fraction of sp³-hybridized carbons (Fsp3) is 0.538. The molecule has 1 N–H and O–H groups in total. The molecule has 102 valence electrons. The van der Waals surface area contributed by atoms with Crippen LogP contribution in [-0.4, -0.2) is 39.3 Å². The molecule has 0 spiro atoms. The van der Waals surface area contributed by atoms with Crippen molar-refractivity contribution in [3.8, 4) is 0 Å². The minimum atomic E-state index is -0.414. The van der Waals surface area contributed by atoms with Crippen molar-refractivity contribution in [1.82, 2.24) is 20.2 Å². The van der Waals surface area contributed by atoms with Gasteiger partial charge in [0.1, 0.15) is 18.9 Å². The van der Waals surface area contributed by atoms with Crippen LogP contribution >= 0.6 is 0 Å². The second-order valence-electron chi connectivity index (χ2n) is 5.14. The topological polar surface area (TPSA) is 75.2 Å². The Labute approximate surface area is 112 Å². The number of hydrogen-bond donors (Lipinski definition) is 1. The highest BCUT2D eigenvalue weighted by molar-refractivity contribution is 5.94. The third-order valence-corrected chi connectivity index (χ3v) is 2.98. The van der Waals surface area contributed by atoms with Crippen LogP contribution in [0.2, 0.25) is 0 Å². The predicted molar refractivity (Wildman–Crippen MR) is 68.8 cm³/mol. The van der Waals surface area contributed by atoms with Gasteiger partial charge >= 0.3 is 0 Å². The van der Waals surface area contributed by atoms with Crippen molar-refractivity contribution in [1.29, 1.82) is 0 Å². The summed E-state index contributed by atoms with van der Waals surface area (Å²) in [6, 6.07) is 1.33. The largest absolute Gasteiger partial charge is 0.343 e. The molecule has 2 rings (SSSR count). The molecule has 1 atom stereocenters. The van der Waals surface area contributed by atoms with Gasteiger partial charge in [-0.3, -0.25) is 9.59 Å². The molecule has 6 nitrogen and oxygen atoms in total. The molecule has 0 radical (unpaired) electrons. The molecule has 1 aliphatic heterocycles. The van der Waals surface area contributed by atoms with E-state index in [9.17, 15) is 9.59 Å². The zero-order valence-corrected chi connectivity index (χ0v) is 11.2. The average molecular weight is 262 g/mol. The molecule has 2 heterocycles. The highest BCUT2D eigenvalue weighted by Crippen LogP contribution is 2.13. The summed E-state index contributed by atoms with van der Waals surface area (Å²) in [4.78, 5) is 33.4. The molecular formula is C13H18N4O2. The van der Waals surface area contributed by atoms with Crippen molar-refractivity contribution in [3.63, 3.8) is 0 Å². The minimum Gasteiger partial charge on any atom is -0.343 e. The average Bonchev–Trinajstić information content (AvgIpc) is 2.35. The van der Waals surface area contributed by atoms with Crippen molar-refractivity contribution in [2.24, 2.45) is 5.92 Å². The molecule has 1 aromatic rings. The first kappa shape index (κ1) is 13.5. The molecule has 0 bridgehead atoms. The highest BCUT2D eigenvalue weighted by Gasteiger charge is 2.32. The number of hydrogen-bond acceptors (Lipinski definition) is 4. The first-order valence-corrected chi connectivity index (χ1v) is 6.39. The van der Waals surface area contributed by atoms with E-state index in [-0.39, 0.29) is 18.4 Å². The normalized spacial score (nSPS) is 19.7. The zero-order valence-electron chi connectivity index (χ0n) is 11.2. The Morgan fingerprint density at radius 1 is 1.47 bits per heavy atom. The Bertz CT molecular complexity index is 461. The number of rotatable bonds is 4. The highest BCUT2D eigenvalue weighted by atomic mass is 16.2. The van der Waals surface area contributed by atoms with Gasteiger partial charge in [0.15, 0.2) is 0 Å². The van der Waals surface area contributed by atoms with Gasteiger partial charge < -0.3 is 10.2 Å². The van der Waals surface area contributed by atoms with Gasteiger partial charge in [-0.25, -0.2) is 9.97 Å². The van der Waals surface area contributed by atoms with Gasteiger partial charge in [-0.05, 0) is 18.4 Å². The molecule has 1 unspecified atom stereocenters. The molecule has 2 amide bonds. The van der Waals surface area contributed by atoms with Crippen molar-refractivity contribution in [3.05, 3.63) is 24.3 Å². The number of nitrogens with zero attached hydrogens (tertiary/aromatic N) is 3. The monoisotopic (exact) mass is 262 g/mol. The second kappa shape index (κ2) is 5.77. The summed E-state index contributed by atoms with van der Waals surface area (Å²) in [5.74, 6) is 0.208. The lowest BCUT2D eigenvalue weighted by Crippen LogP contribution is -2.57. The number of carbonyl (C=O) groups is 2. The van der Waals surface area contributed by atoms with Gasteiger partial charge in [0.05, 0.1) is 12.2 Å². The molecule has 1 fully saturated rings. The maximum absolute atomic E-state index is 12.3. The van der Waals surface area contributed by atoms with E-state index in [1.807, 2.05) is 13.8 Å². The van der Waals surface area contributed by atoms with Crippen LogP contribution in [-0.2, 0) is 16.1 Å². The van der Waals surface area contributed by atoms with Crippen LogP contribution in [0.4, 0.5) is 0 Å². The van der Waals surface area contributed by atoms with E-state index in [2.05, 4.69) is 15.3 Å². The Kier molecular flexibility index (Phi) is 4.09. The number of piperazine rings is 1. The summed E-state index contributed by atoms with van der Waals surface area (Å²) >= 11 is 0. The molecule has 0 saturated carbocycles. The van der Waals surface area contributed by atoms with E-state index in [4.69, 9.17) is 0 Å². The third-order valence-electron chi connectivity index (χ3n) is 2.98. The Balaban J connectivity index is 2.07. The van der Waals surface area contributed by atoms with Gasteiger partial charge in [0.2, 0.25) is 11.8 Å². The van der Waals surface area contributed by atoms with E-state index in [1.165, 1.54) is 6.33 Å². The van der Waals surface area contributed by atoms with E-state index < -0.39 is 6.04 Å². The van der Waals surface area contributed by atoms with Crippen LogP contribution in [0.1, 0.15) is 26.0 Å². The predicted octanol–water partition coefficient (Wildman–Crippen LogP) is 0.350. The molecule has 0 aromatic carbocycles. The Hall–Kier alpha value is -1.98. The molecule has 1 aromatic heterocycles. The maximum Gasteiger partial charge on any atom is 0.245 e. The summed E-state index contributed by atoms with van der Waals surface area (Å²) in [5, 5.41) is 2.75. The zero-order chi connectivity index (χ0) is 13.8. The third kappa shape index (κ3) is 3.49. The number of carbonyl (C=O) groups excluding carboxylic acids is 2. The smallest absolute Gasteiger partial charge is 0.245 e. The molecule has 6 heteroatoms. The van der Waals surface area contributed by atoms with Crippen molar-refractivity contribution in [2.45, 2.75) is 32.9 Å². The lowest BCUT2D eigenvalue weighted by molar-refractivity contribution is -0.145. The van der Waals surface area contributed by atoms with Gasteiger partial charge in [-0.2, -0.15) is 0 Å². The summed E-state index contributed by atoms with van der Waals surface area (Å²) in [6.45, 7) is 4.51. The van der Waals surface area contributed by atoms with Gasteiger partial charge in [0, 0.05) is 6.20 Å². The summed E-state index contributed by atoms with van der Waals surface area (Å²) in [6.07, 6.45) is 3.72. The van der Waals surface area contributed by atoms with E-state index in [0.29, 0.717) is 18.9 Å². The van der Waals surface area contributed by atoms with Crippen LogP contribution in [0.3, 0.4) is 0 Å². The summed E-state index contributed by atoms with van der Waals surface area (Å²) < 4.78 is 0. The molecular weight excluding hydrogens is 244 g/mol. The Morgan fingerprint density at radius 2 is 2.26 bits per heavy atom. The SMILES string of the molecule is CC(C)CC1NC(=O)CN(Cc2ccncn2)C1=O. The number of aromatic nitrogens is 2. The van der Waals surface area contributed by atoms with Crippen LogP contribution < -0.4 is 5.32 Å². The lowest BCUT2D eigenvalue weighted by atomic mass is 10.0. The summed E-state index contributed by atoms with van der Waals surface area (Å²) in [5.41, 5.74) is 0.737. The maximum atomic E-state index is 12.3. The standard InChI is InChI=1S/C13H18N4O2/c1-9(2)5-11-13(19)17(7-12(18)16-11)6-10-3-4-14-8-15-10/h3-4,8-9,11H,5-7H2,1-2H3,(H,16,18). The molecule has 19 heavy (non-hydrogen) atoms. The quantitative estimate of drug-likeness (QED) is 0.849. The van der Waals surface area contributed by atoms with Crippen LogP contribution in [0.15, 0.2) is 18.6 Å². The van der Waals surface area contributed by atoms with E-state index in [0.717, 1.165) is 5.69 Å². The molecule has 1 saturated heterocycles. The number of amides is 2. The van der Waals surface area contributed by atoms with Gasteiger partial charge in [0.25, 0.3) is 0 Å². The molecule has 0 aliphatic carbocycles. The van der Waals surface area contributed by atoms with Crippen molar-refractivity contribution in [2.75, 3.05) is 6.54 Å². The van der Waals surface area contributed by atoms with E-state index in [1.54, 1.807) is 17.2 Å². The number of nitrogens with one attached hydrogen (secondary N) is 1.